The Labute approximate surface area is 92.4 Å². The van der Waals surface area contributed by atoms with Crippen LogP contribution in [0.3, 0.4) is 0 Å². The molecule has 2 atom stereocenters. The Bertz CT molecular complexity index is 282. The van der Waals surface area contributed by atoms with Crippen LogP contribution in [0.4, 0.5) is 0 Å². The minimum absolute atomic E-state index is 0.414. The molecule has 1 aromatic rings. The second-order valence-electron chi connectivity index (χ2n) is 4.04. The van der Waals surface area contributed by atoms with Crippen molar-refractivity contribution in [2.24, 2.45) is 5.92 Å². The number of hydrogen-bond donors (Lipinski definition) is 1. The normalized spacial score (nSPS) is 14.5. The van der Waals surface area contributed by atoms with Crippen LogP contribution in [0.1, 0.15) is 18.9 Å². The number of aromatic nitrogens is 1. The van der Waals surface area contributed by atoms with E-state index in [0.717, 1.165) is 12.8 Å². The van der Waals surface area contributed by atoms with Gasteiger partial charge in [0.05, 0.1) is 0 Å². The van der Waals surface area contributed by atoms with Gasteiger partial charge < -0.3 is 5.32 Å². The zero-order chi connectivity index (χ0) is 11.1. The Morgan fingerprint density at radius 1 is 1.60 bits per heavy atom. The third kappa shape index (κ3) is 4.26. The van der Waals surface area contributed by atoms with Crippen molar-refractivity contribution < 1.29 is 0 Å². The number of hydrogen-bond acceptors (Lipinski definition) is 2. The minimum atomic E-state index is 0.414. The van der Waals surface area contributed by atoms with E-state index >= 15 is 0 Å². The fourth-order valence-corrected chi connectivity index (χ4v) is 1.77. The Morgan fingerprint density at radius 3 is 2.93 bits per heavy atom. The smallest absolute Gasteiger partial charge is 0.0299 e. The monoisotopic (exact) mass is 204 g/mol. The summed E-state index contributed by atoms with van der Waals surface area (Å²) in [5, 5.41) is 3.23. The first-order chi connectivity index (χ1) is 7.26. The van der Waals surface area contributed by atoms with Crippen molar-refractivity contribution >= 4 is 0 Å². The van der Waals surface area contributed by atoms with E-state index in [1.807, 2.05) is 31.6 Å². The summed E-state index contributed by atoms with van der Waals surface area (Å²) in [5.74, 6) is 0.643. The molecule has 1 aromatic heterocycles. The predicted octanol–water partition coefficient (Wildman–Crippen LogP) is 2.42. The van der Waals surface area contributed by atoms with E-state index in [9.17, 15) is 0 Å². The Kier molecular flexibility index (Phi) is 5.05. The molecule has 0 amide bonds. The molecule has 0 spiro atoms. The van der Waals surface area contributed by atoms with Gasteiger partial charge in [-0.3, -0.25) is 4.98 Å². The van der Waals surface area contributed by atoms with Crippen molar-refractivity contribution in [2.75, 3.05) is 7.05 Å². The van der Waals surface area contributed by atoms with Gasteiger partial charge in [0.25, 0.3) is 0 Å². The molecule has 2 heteroatoms. The first-order valence-corrected chi connectivity index (χ1v) is 5.45. The maximum absolute atomic E-state index is 4.12. The number of pyridine rings is 1. The second-order valence-corrected chi connectivity index (χ2v) is 4.04. The van der Waals surface area contributed by atoms with Crippen LogP contribution in [0.2, 0.25) is 0 Å². The first kappa shape index (κ1) is 11.9. The third-order valence-corrected chi connectivity index (χ3v) is 2.62. The lowest BCUT2D eigenvalue weighted by Gasteiger charge is -2.17. The average Bonchev–Trinajstić information content (AvgIpc) is 2.27. The van der Waals surface area contributed by atoms with E-state index in [1.54, 1.807) is 0 Å². The van der Waals surface area contributed by atoms with Crippen LogP contribution in [-0.4, -0.2) is 18.1 Å². The van der Waals surface area contributed by atoms with Crippen LogP contribution in [0, 0.1) is 5.92 Å². The van der Waals surface area contributed by atoms with Gasteiger partial charge in [-0.05, 0) is 37.4 Å². The van der Waals surface area contributed by atoms with Crippen LogP contribution < -0.4 is 5.32 Å². The van der Waals surface area contributed by atoms with E-state index in [4.69, 9.17) is 0 Å². The minimum Gasteiger partial charge on any atom is -0.314 e. The average molecular weight is 204 g/mol. The molecule has 0 aliphatic rings. The molecule has 2 unspecified atom stereocenters. The summed E-state index contributed by atoms with van der Waals surface area (Å²) in [6, 6.07) is 4.54. The van der Waals surface area contributed by atoms with Crippen molar-refractivity contribution in [3.05, 3.63) is 42.7 Å². The van der Waals surface area contributed by atoms with Gasteiger partial charge in [0.1, 0.15) is 0 Å². The van der Waals surface area contributed by atoms with E-state index in [2.05, 4.69) is 29.9 Å². The second kappa shape index (κ2) is 6.36. The molecule has 2 nitrogen and oxygen atoms in total. The highest BCUT2D eigenvalue weighted by atomic mass is 14.9. The fourth-order valence-electron chi connectivity index (χ4n) is 1.77. The number of nitrogens with zero attached hydrogens (tertiary/aromatic N) is 1. The quantitative estimate of drug-likeness (QED) is 0.720. The van der Waals surface area contributed by atoms with E-state index in [1.165, 1.54) is 5.56 Å². The van der Waals surface area contributed by atoms with Gasteiger partial charge in [0, 0.05) is 18.4 Å². The van der Waals surface area contributed by atoms with Gasteiger partial charge >= 0.3 is 0 Å². The lowest BCUT2D eigenvalue weighted by molar-refractivity contribution is 0.465. The molecule has 0 aliphatic carbocycles. The zero-order valence-corrected chi connectivity index (χ0v) is 9.61. The molecule has 0 radical (unpaired) electrons. The topological polar surface area (TPSA) is 24.9 Å². The number of likely N-dealkylation sites (N-methyl/N-ethyl adjacent to an activating group) is 1. The molecule has 1 N–H and O–H groups in total. The Hall–Kier alpha value is -1.15. The van der Waals surface area contributed by atoms with Gasteiger partial charge in [0.2, 0.25) is 0 Å². The molecule has 1 heterocycles. The number of nitrogens with one attached hydrogen (secondary N) is 1. The largest absolute Gasteiger partial charge is 0.314 e. The summed E-state index contributed by atoms with van der Waals surface area (Å²) in [6.07, 6.45) is 7.93. The molecule has 0 saturated carbocycles. The Balaban J connectivity index is 2.42. The molecular formula is C13H20N2. The molecule has 0 bridgehead atoms. The van der Waals surface area contributed by atoms with E-state index < -0.39 is 0 Å². The van der Waals surface area contributed by atoms with Gasteiger partial charge in [-0.2, -0.15) is 0 Å². The lowest BCUT2D eigenvalue weighted by atomic mass is 9.95. The molecule has 82 valence electrons. The molecule has 0 saturated heterocycles. The number of rotatable bonds is 6. The van der Waals surface area contributed by atoms with Crippen LogP contribution in [0.15, 0.2) is 37.2 Å². The highest BCUT2D eigenvalue weighted by molar-refractivity contribution is 5.09. The molecule has 0 fully saturated rings. The highest BCUT2D eigenvalue weighted by Crippen LogP contribution is 2.13. The summed E-state index contributed by atoms with van der Waals surface area (Å²) >= 11 is 0. The lowest BCUT2D eigenvalue weighted by Crippen LogP contribution is -2.25. The molecule has 0 aliphatic heterocycles. The molecule has 0 aromatic carbocycles. The maximum Gasteiger partial charge on any atom is 0.0299 e. The first-order valence-electron chi connectivity index (χ1n) is 5.45. The van der Waals surface area contributed by atoms with Crippen LogP contribution in [-0.2, 0) is 6.42 Å². The standard InChI is InChI=1S/C13H20N2/c1-4-13(14-3)9-11(2)8-12-6-5-7-15-10-12/h4-7,10-11,13-14H,1,8-9H2,2-3H3. The van der Waals surface area contributed by atoms with Crippen LogP contribution in [0.25, 0.3) is 0 Å². The summed E-state index contributed by atoms with van der Waals surface area (Å²) in [7, 11) is 1.98. The van der Waals surface area contributed by atoms with Gasteiger partial charge in [0.15, 0.2) is 0 Å². The summed E-state index contributed by atoms with van der Waals surface area (Å²) in [5.41, 5.74) is 1.31. The SMILES string of the molecule is C=CC(CC(C)Cc1cccnc1)NC. The summed E-state index contributed by atoms with van der Waals surface area (Å²) in [4.78, 5) is 4.12. The summed E-state index contributed by atoms with van der Waals surface area (Å²) in [6.45, 7) is 6.08. The van der Waals surface area contributed by atoms with Crippen molar-refractivity contribution in [2.45, 2.75) is 25.8 Å². The van der Waals surface area contributed by atoms with Crippen molar-refractivity contribution in [1.29, 1.82) is 0 Å². The van der Waals surface area contributed by atoms with E-state index in [0.29, 0.717) is 12.0 Å². The Morgan fingerprint density at radius 2 is 2.40 bits per heavy atom. The van der Waals surface area contributed by atoms with Gasteiger partial charge in [-0.15, -0.1) is 6.58 Å². The summed E-state index contributed by atoms with van der Waals surface area (Å²) < 4.78 is 0. The zero-order valence-electron chi connectivity index (χ0n) is 9.61. The fraction of sp³-hybridized carbons (Fsp3) is 0.462. The van der Waals surface area contributed by atoms with Crippen molar-refractivity contribution in [3.63, 3.8) is 0 Å². The van der Waals surface area contributed by atoms with Gasteiger partial charge in [-0.25, -0.2) is 0 Å². The van der Waals surface area contributed by atoms with Crippen molar-refractivity contribution in [3.8, 4) is 0 Å². The maximum atomic E-state index is 4.12. The third-order valence-electron chi connectivity index (χ3n) is 2.62. The highest BCUT2D eigenvalue weighted by Gasteiger charge is 2.08. The van der Waals surface area contributed by atoms with Crippen LogP contribution in [0.5, 0.6) is 0 Å². The predicted molar refractivity (Wildman–Crippen MR) is 64.8 cm³/mol. The van der Waals surface area contributed by atoms with Crippen molar-refractivity contribution in [1.82, 2.24) is 10.3 Å². The van der Waals surface area contributed by atoms with E-state index in [-0.39, 0.29) is 0 Å². The van der Waals surface area contributed by atoms with Gasteiger partial charge in [-0.1, -0.05) is 19.1 Å². The van der Waals surface area contributed by atoms with Crippen LogP contribution >= 0.6 is 0 Å². The molecular weight excluding hydrogens is 184 g/mol. The molecule has 15 heavy (non-hydrogen) atoms. The molecule has 1 rings (SSSR count).